The van der Waals surface area contributed by atoms with Crippen molar-refractivity contribution in [2.45, 2.75) is 39.8 Å². The van der Waals surface area contributed by atoms with Crippen molar-refractivity contribution in [3.05, 3.63) is 77.4 Å². The predicted molar refractivity (Wildman–Crippen MR) is 130 cm³/mol. The fraction of sp³-hybridized carbons (Fsp3) is 0.296. The number of aryl methyl sites for hydroxylation is 1. The van der Waals surface area contributed by atoms with E-state index in [1.807, 2.05) is 68.4 Å². The van der Waals surface area contributed by atoms with E-state index in [9.17, 15) is 14.4 Å². The Kier molecular flexibility index (Phi) is 6.45. The maximum absolute atomic E-state index is 13.6. The molecule has 0 spiro atoms. The van der Waals surface area contributed by atoms with E-state index >= 15 is 0 Å². The molecule has 3 amide bonds. The maximum atomic E-state index is 13.6. The quantitative estimate of drug-likeness (QED) is 0.571. The highest BCUT2D eigenvalue weighted by atomic mass is 16.2. The molecular formula is C27H29N3O3. The van der Waals surface area contributed by atoms with Crippen LogP contribution in [0.3, 0.4) is 0 Å². The van der Waals surface area contributed by atoms with E-state index in [1.54, 1.807) is 17.9 Å². The van der Waals surface area contributed by atoms with Gasteiger partial charge in [0.15, 0.2) is 0 Å². The molecule has 170 valence electrons. The molecule has 1 unspecified atom stereocenters. The second-order valence-corrected chi connectivity index (χ2v) is 8.49. The highest BCUT2D eigenvalue weighted by Gasteiger charge is 2.34. The van der Waals surface area contributed by atoms with Gasteiger partial charge in [-0.15, -0.1) is 0 Å². The second-order valence-electron chi connectivity index (χ2n) is 8.49. The third kappa shape index (κ3) is 4.33. The molecule has 4 rings (SSSR count). The maximum Gasteiger partial charge on any atom is 0.259 e. The molecule has 1 atom stereocenters. The molecule has 1 N–H and O–H groups in total. The molecule has 1 heterocycles. The van der Waals surface area contributed by atoms with Gasteiger partial charge in [0, 0.05) is 24.0 Å². The van der Waals surface area contributed by atoms with Crippen LogP contribution in [0.4, 0.5) is 5.69 Å². The first-order valence-electron chi connectivity index (χ1n) is 11.4. The van der Waals surface area contributed by atoms with Gasteiger partial charge in [-0.1, -0.05) is 55.5 Å². The normalized spacial score (nSPS) is 13.3. The molecule has 3 aromatic carbocycles. The van der Waals surface area contributed by atoms with E-state index in [2.05, 4.69) is 5.32 Å². The van der Waals surface area contributed by atoms with E-state index in [0.29, 0.717) is 18.7 Å². The molecule has 1 aliphatic heterocycles. The third-order valence-corrected chi connectivity index (χ3v) is 6.26. The summed E-state index contributed by atoms with van der Waals surface area (Å²) >= 11 is 0. The highest BCUT2D eigenvalue weighted by Crippen LogP contribution is 2.37. The number of hydrogen-bond acceptors (Lipinski definition) is 3. The smallest absolute Gasteiger partial charge is 0.259 e. The van der Waals surface area contributed by atoms with Crippen LogP contribution in [0.1, 0.15) is 41.8 Å². The largest absolute Gasteiger partial charge is 0.354 e. The van der Waals surface area contributed by atoms with Crippen molar-refractivity contribution in [1.29, 1.82) is 0 Å². The molecule has 6 heteroatoms. The summed E-state index contributed by atoms with van der Waals surface area (Å²) in [4.78, 5) is 42.6. The Morgan fingerprint density at radius 3 is 2.48 bits per heavy atom. The number of benzene rings is 3. The molecule has 0 radical (unpaired) electrons. The fourth-order valence-corrected chi connectivity index (χ4v) is 4.31. The summed E-state index contributed by atoms with van der Waals surface area (Å²) in [5, 5.41) is 4.73. The lowest BCUT2D eigenvalue weighted by Gasteiger charge is -2.31. The van der Waals surface area contributed by atoms with Crippen molar-refractivity contribution in [3.8, 4) is 0 Å². The van der Waals surface area contributed by atoms with Gasteiger partial charge in [-0.2, -0.15) is 0 Å². The number of amides is 3. The number of nitrogens with zero attached hydrogens (tertiary/aromatic N) is 2. The minimum atomic E-state index is -0.667. The van der Waals surface area contributed by atoms with Crippen LogP contribution in [0.25, 0.3) is 10.8 Å². The minimum absolute atomic E-state index is 0.121. The molecule has 6 nitrogen and oxygen atoms in total. The topological polar surface area (TPSA) is 69.7 Å². The number of rotatable bonds is 8. The Balaban J connectivity index is 1.63. The first-order chi connectivity index (χ1) is 15.9. The summed E-state index contributed by atoms with van der Waals surface area (Å²) in [5.41, 5.74) is 3.36. The van der Waals surface area contributed by atoms with Crippen molar-refractivity contribution in [3.63, 3.8) is 0 Å². The zero-order chi connectivity index (χ0) is 23.5. The lowest BCUT2D eigenvalue weighted by Crippen LogP contribution is -2.51. The number of carbonyl (C=O) groups is 3. The van der Waals surface area contributed by atoms with Gasteiger partial charge in [-0.25, -0.2) is 0 Å². The SMILES string of the molecule is CCCNC(=O)C(C)N(Cc1ccccc1C)C(=O)CN1C(=O)c2cccc3cccc1c23. The van der Waals surface area contributed by atoms with E-state index in [1.165, 1.54) is 4.90 Å². The highest BCUT2D eigenvalue weighted by molar-refractivity contribution is 6.26. The Hall–Kier alpha value is -3.67. The molecule has 33 heavy (non-hydrogen) atoms. The second kappa shape index (κ2) is 9.45. The Morgan fingerprint density at radius 2 is 1.76 bits per heavy atom. The zero-order valence-corrected chi connectivity index (χ0v) is 19.3. The van der Waals surface area contributed by atoms with Gasteiger partial charge in [0.1, 0.15) is 12.6 Å². The molecule has 0 aliphatic carbocycles. The fourth-order valence-electron chi connectivity index (χ4n) is 4.31. The van der Waals surface area contributed by atoms with Crippen LogP contribution >= 0.6 is 0 Å². The Bertz CT molecular complexity index is 1210. The lowest BCUT2D eigenvalue weighted by molar-refractivity contribution is -0.139. The molecule has 0 saturated carbocycles. The van der Waals surface area contributed by atoms with Gasteiger partial charge in [0.2, 0.25) is 11.8 Å². The summed E-state index contributed by atoms with van der Waals surface area (Å²) < 4.78 is 0. The summed E-state index contributed by atoms with van der Waals surface area (Å²) in [7, 11) is 0. The van der Waals surface area contributed by atoms with E-state index in [-0.39, 0.29) is 24.3 Å². The van der Waals surface area contributed by atoms with Crippen molar-refractivity contribution in [2.24, 2.45) is 0 Å². The minimum Gasteiger partial charge on any atom is -0.354 e. The predicted octanol–water partition coefficient (Wildman–Crippen LogP) is 4.05. The van der Waals surface area contributed by atoms with Crippen LogP contribution < -0.4 is 10.2 Å². The van der Waals surface area contributed by atoms with Crippen molar-refractivity contribution in [2.75, 3.05) is 18.0 Å². The zero-order valence-electron chi connectivity index (χ0n) is 19.3. The van der Waals surface area contributed by atoms with Gasteiger partial charge in [0.25, 0.3) is 5.91 Å². The summed E-state index contributed by atoms with van der Waals surface area (Å²) in [6.07, 6.45) is 0.814. The van der Waals surface area contributed by atoms with Gasteiger partial charge < -0.3 is 10.2 Å². The molecule has 1 aliphatic rings. The molecule has 0 aromatic heterocycles. The first kappa shape index (κ1) is 22.5. The van der Waals surface area contributed by atoms with Gasteiger partial charge in [0.05, 0.1) is 5.69 Å². The van der Waals surface area contributed by atoms with E-state index in [4.69, 9.17) is 0 Å². The van der Waals surface area contributed by atoms with Crippen LogP contribution in [0, 0.1) is 6.92 Å². The van der Waals surface area contributed by atoms with Crippen LogP contribution in [0.15, 0.2) is 60.7 Å². The summed E-state index contributed by atoms with van der Waals surface area (Å²) in [6, 6.07) is 18.5. The standard InChI is InChI=1S/C27H29N3O3/c1-4-15-28-26(32)19(3)29(16-21-10-6-5-9-18(21)2)24(31)17-30-23-14-8-12-20-11-7-13-22(25(20)23)27(30)33/h5-14,19H,4,15-17H2,1-3H3,(H,28,32). The average molecular weight is 444 g/mol. The van der Waals surface area contributed by atoms with Crippen molar-refractivity contribution in [1.82, 2.24) is 10.2 Å². The third-order valence-electron chi connectivity index (χ3n) is 6.26. The summed E-state index contributed by atoms with van der Waals surface area (Å²) in [6.45, 7) is 6.44. The molecule has 0 fully saturated rings. The van der Waals surface area contributed by atoms with E-state index in [0.717, 1.165) is 34.0 Å². The van der Waals surface area contributed by atoms with Crippen LogP contribution in [-0.2, 0) is 16.1 Å². The monoisotopic (exact) mass is 443 g/mol. The lowest BCUT2D eigenvalue weighted by atomic mass is 10.1. The molecule has 0 bridgehead atoms. The van der Waals surface area contributed by atoms with Gasteiger partial charge in [-0.05, 0) is 48.9 Å². The first-order valence-corrected chi connectivity index (χ1v) is 11.4. The van der Waals surface area contributed by atoms with Crippen molar-refractivity contribution >= 4 is 34.2 Å². The number of hydrogen-bond donors (Lipinski definition) is 1. The number of anilines is 1. The van der Waals surface area contributed by atoms with Crippen molar-refractivity contribution < 1.29 is 14.4 Å². The van der Waals surface area contributed by atoms with Crippen LogP contribution in [0.5, 0.6) is 0 Å². The molecular weight excluding hydrogens is 414 g/mol. The van der Waals surface area contributed by atoms with E-state index < -0.39 is 6.04 Å². The van der Waals surface area contributed by atoms with Gasteiger partial charge >= 0.3 is 0 Å². The molecule has 3 aromatic rings. The number of carbonyl (C=O) groups excluding carboxylic acids is 3. The Labute approximate surface area is 194 Å². The Morgan fingerprint density at radius 1 is 1.03 bits per heavy atom. The van der Waals surface area contributed by atoms with Crippen LogP contribution in [0.2, 0.25) is 0 Å². The summed E-state index contributed by atoms with van der Waals surface area (Å²) in [5.74, 6) is -0.651. The average Bonchev–Trinajstić information content (AvgIpc) is 3.09. The molecule has 0 saturated heterocycles. The number of nitrogens with one attached hydrogen (secondary N) is 1. The van der Waals surface area contributed by atoms with Crippen LogP contribution in [-0.4, -0.2) is 41.8 Å². The van der Waals surface area contributed by atoms with Gasteiger partial charge in [-0.3, -0.25) is 19.3 Å².